The van der Waals surface area contributed by atoms with Gasteiger partial charge in [-0.15, -0.1) is 0 Å². The minimum absolute atomic E-state index is 0.201. The van der Waals surface area contributed by atoms with Crippen LogP contribution in [0, 0.1) is 0 Å². The summed E-state index contributed by atoms with van der Waals surface area (Å²) < 4.78 is 4.61. The average Bonchev–Trinajstić information content (AvgIpc) is 3.10. The maximum Gasteiger partial charge on any atom is 0.305 e. The van der Waals surface area contributed by atoms with Gasteiger partial charge in [-0.05, 0) is 18.2 Å². The fourth-order valence-electron chi connectivity index (χ4n) is 2.28. The van der Waals surface area contributed by atoms with Crippen molar-refractivity contribution in [3.63, 3.8) is 0 Å². The SMILES string of the molecule is COC(=O)CCc1[nH][nH]c(=O)c1/C=C1\C=Nc2ncccc21. The van der Waals surface area contributed by atoms with Crippen LogP contribution in [0.25, 0.3) is 11.6 Å². The molecule has 112 valence electrons. The molecule has 0 unspecified atom stereocenters. The van der Waals surface area contributed by atoms with Gasteiger partial charge in [-0.2, -0.15) is 0 Å². The van der Waals surface area contributed by atoms with Gasteiger partial charge in [0.25, 0.3) is 5.56 Å². The van der Waals surface area contributed by atoms with Crippen LogP contribution < -0.4 is 5.56 Å². The number of pyridine rings is 1. The molecule has 0 saturated carbocycles. The Hall–Kier alpha value is -2.96. The van der Waals surface area contributed by atoms with Crippen LogP contribution in [-0.2, 0) is 16.0 Å². The number of nitrogens with one attached hydrogen (secondary N) is 2. The van der Waals surface area contributed by atoms with E-state index in [1.165, 1.54) is 7.11 Å². The number of ether oxygens (including phenoxy) is 1. The van der Waals surface area contributed by atoms with Gasteiger partial charge in [-0.25, -0.2) is 9.98 Å². The molecule has 0 atom stereocenters. The van der Waals surface area contributed by atoms with Crippen molar-refractivity contribution < 1.29 is 9.53 Å². The lowest BCUT2D eigenvalue weighted by Crippen LogP contribution is -2.05. The smallest absolute Gasteiger partial charge is 0.305 e. The molecule has 7 nitrogen and oxygen atoms in total. The third kappa shape index (κ3) is 2.60. The van der Waals surface area contributed by atoms with E-state index in [1.807, 2.05) is 12.1 Å². The zero-order chi connectivity index (χ0) is 15.5. The number of aliphatic imine (C=N–C) groups is 1. The summed E-state index contributed by atoms with van der Waals surface area (Å²) in [4.78, 5) is 31.6. The molecule has 0 spiro atoms. The molecule has 3 rings (SSSR count). The van der Waals surface area contributed by atoms with Crippen LogP contribution in [0.2, 0.25) is 0 Å². The van der Waals surface area contributed by atoms with E-state index in [0.29, 0.717) is 23.5 Å². The fourth-order valence-corrected chi connectivity index (χ4v) is 2.28. The predicted molar refractivity (Wildman–Crippen MR) is 82.0 cm³/mol. The molecular weight excluding hydrogens is 284 g/mol. The number of methoxy groups -OCH3 is 1. The summed E-state index contributed by atoms with van der Waals surface area (Å²) in [7, 11) is 1.34. The number of aromatic nitrogens is 3. The molecule has 0 aromatic carbocycles. The predicted octanol–water partition coefficient (Wildman–Crippen LogP) is 1.46. The number of allylic oxidation sites excluding steroid dienone is 1. The van der Waals surface area contributed by atoms with Crippen molar-refractivity contribution in [3.8, 4) is 0 Å². The molecule has 1 aliphatic heterocycles. The second-order valence-electron chi connectivity index (χ2n) is 4.78. The first-order valence-corrected chi connectivity index (χ1v) is 6.76. The zero-order valence-electron chi connectivity index (χ0n) is 11.9. The molecule has 0 amide bonds. The Kier molecular flexibility index (Phi) is 3.69. The van der Waals surface area contributed by atoms with Crippen molar-refractivity contribution in [1.29, 1.82) is 0 Å². The summed E-state index contributed by atoms with van der Waals surface area (Å²) >= 11 is 0. The van der Waals surface area contributed by atoms with Gasteiger partial charge >= 0.3 is 5.97 Å². The minimum Gasteiger partial charge on any atom is -0.469 e. The number of rotatable bonds is 4. The normalized spacial score (nSPS) is 14.3. The summed E-state index contributed by atoms with van der Waals surface area (Å²) in [5.41, 5.74) is 2.60. The number of aryl methyl sites for hydroxylation is 1. The lowest BCUT2D eigenvalue weighted by atomic mass is 10.0. The van der Waals surface area contributed by atoms with Gasteiger partial charge in [0.05, 0.1) is 19.1 Å². The topological polar surface area (TPSA) is 100 Å². The summed E-state index contributed by atoms with van der Waals surface area (Å²) in [6.45, 7) is 0. The standard InChI is InChI=1S/C15H14N4O3/c1-22-13(20)5-4-12-11(15(21)19-18-12)7-9-8-17-14-10(9)3-2-6-16-14/h2-3,6-8H,4-5H2,1H3,(H2,18,19,21)/b9-7+. The van der Waals surface area contributed by atoms with Gasteiger partial charge in [0, 0.05) is 35.7 Å². The monoisotopic (exact) mass is 298 g/mol. The lowest BCUT2D eigenvalue weighted by molar-refractivity contribution is -0.140. The second-order valence-corrected chi connectivity index (χ2v) is 4.78. The van der Waals surface area contributed by atoms with Crippen LogP contribution in [0.5, 0.6) is 0 Å². The Balaban J connectivity index is 1.92. The molecule has 3 heterocycles. The summed E-state index contributed by atoms with van der Waals surface area (Å²) in [6, 6.07) is 3.72. The first-order chi connectivity index (χ1) is 10.7. The van der Waals surface area contributed by atoms with Crippen molar-refractivity contribution in [3.05, 3.63) is 45.5 Å². The molecule has 2 N–H and O–H groups in total. The first-order valence-electron chi connectivity index (χ1n) is 6.76. The molecule has 0 aliphatic carbocycles. The van der Waals surface area contributed by atoms with E-state index in [-0.39, 0.29) is 17.9 Å². The van der Waals surface area contributed by atoms with Crippen LogP contribution >= 0.6 is 0 Å². The molecule has 22 heavy (non-hydrogen) atoms. The molecule has 0 saturated heterocycles. The van der Waals surface area contributed by atoms with Crippen molar-refractivity contribution in [2.24, 2.45) is 4.99 Å². The number of carbonyl (C=O) groups is 1. The van der Waals surface area contributed by atoms with Crippen LogP contribution in [0.15, 0.2) is 28.1 Å². The van der Waals surface area contributed by atoms with Gasteiger partial charge < -0.3 is 9.84 Å². The van der Waals surface area contributed by atoms with Crippen molar-refractivity contribution >= 4 is 29.7 Å². The van der Waals surface area contributed by atoms with Gasteiger partial charge in [0.1, 0.15) is 0 Å². The first kappa shape index (κ1) is 14.0. The Morgan fingerprint density at radius 2 is 2.27 bits per heavy atom. The highest BCUT2D eigenvalue weighted by atomic mass is 16.5. The Bertz CT molecular complexity index is 829. The molecule has 0 radical (unpaired) electrons. The number of H-pyrrole nitrogens is 2. The highest BCUT2D eigenvalue weighted by Crippen LogP contribution is 2.30. The van der Waals surface area contributed by atoms with E-state index >= 15 is 0 Å². The van der Waals surface area contributed by atoms with Crippen molar-refractivity contribution in [2.45, 2.75) is 12.8 Å². The molecule has 1 aliphatic rings. The number of esters is 1. The van der Waals surface area contributed by atoms with Crippen LogP contribution in [-0.4, -0.2) is 34.5 Å². The van der Waals surface area contributed by atoms with Crippen LogP contribution in [0.3, 0.4) is 0 Å². The number of aromatic amines is 2. The van der Waals surface area contributed by atoms with Crippen LogP contribution in [0.4, 0.5) is 5.82 Å². The van der Waals surface area contributed by atoms with E-state index in [4.69, 9.17) is 0 Å². The molecular formula is C15H14N4O3. The maximum absolute atomic E-state index is 11.9. The van der Waals surface area contributed by atoms with Gasteiger partial charge in [0.15, 0.2) is 5.82 Å². The van der Waals surface area contributed by atoms with Crippen molar-refractivity contribution in [2.75, 3.05) is 7.11 Å². The second kappa shape index (κ2) is 5.80. The zero-order valence-corrected chi connectivity index (χ0v) is 11.9. The third-order valence-corrected chi connectivity index (χ3v) is 3.43. The van der Waals surface area contributed by atoms with E-state index in [2.05, 4.69) is 24.9 Å². The van der Waals surface area contributed by atoms with Crippen molar-refractivity contribution in [1.82, 2.24) is 15.2 Å². The summed E-state index contributed by atoms with van der Waals surface area (Å²) in [6.07, 6.45) is 5.69. The number of hydrogen-bond acceptors (Lipinski definition) is 5. The Morgan fingerprint density at radius 1 is 1.41 bits per heavy atom. The minimum atomic E-state index is -0.322. The quantitative estimate of drug-likeness (QED) is 0.834. The highest BCUT2D eigenvalue weighted by Gasteiger charge is 2.16. The average molecular weight is 298 g/mol. The summed E-state index contributed by atoms with van der Waals surface area (Å²) in [5, 5.41) is 5.34. The van der Waals surface area contributed by atoms with E-state index < -0.39 is 0 Å². The largest absolute Gasteiger partial charge is 0.469 e. The molecule has 0 bridgehead atoms. The molecule has 2 aromatic rings. The van der Waals surface area contributed by atoms with Gasteiger partial charge in [0.2, 0.25) is 0 Å². The van der Waals surface area contributed by atoms with Gasteiger partial charge in [-0.1, -0.05) is 0 Å². The Labute approximate surface area is 125 Å². The number of carbonyl (C=O) groups excluding carboxylic acids is 1. The maximum atomic E-state index is 11.9. The van der Waals surface area contributed by atoms with E-state index in [0.717, 1.165) is 11.1 Å². The lowest BCUT2D eigenvalue weighted by Gasteiger charge is -2.00. The molecule has 2 aromatic heterocycles. The molecule has 7 heteroatoms. The van der Waals surface area contributed by atoms with Gasteiger partial charge in [-0.3, -0.25) is 14.7 Å². The summed E-state index contributed by atoms with van der Waals surface area (Å²) in [5.74, 6) is 0.314. The highest BCUT2D eigenvalue weighted by molar-refractivity contribution is 6.20. The fraction of sp³-hybridized carbons (Fsp3) is 0.200. The number of nitrogens with zero attached hydrogens (tertiary/aromatic N) is 2. The third-order valence-electron chi connectivity index (χ3n) is 3.43. The number of fused-ring (bicyclic) bond motifs is 1. The Morgan fingerprint density at radius 3 is 3.09 bits per heavy atom. The number of hydrogen-bond donors (Lipinski definition) is 2. The van der Waals surface area contributed by atoms with Crippen LogP contribution in [0.1, 0.15) is 23.2 Å². The van der Waals surface area contributed by atoms with E-state index in [9.17, 15) is 9.59 Å². The molecule has 0 fully saturated rings. The van der Waals surface area contributed by atoms with E-state index in [1.54, 1.807) is 18.5 Å².